The van der Waals surface area contributed by atoms with Gasteiger partial charge in [-0.15, -0.1) is 11.3 Å². The number of benzene rings is 1. The molecular weight excluding hydrogens is 322 g/mol. The molecule has 2 rings (SSSR count). The minimum absolute atomic E-state index is 0.172. The van der Waals surface area contributed by atoms with Gasteiger partial charge in [0.25, 0.3) is 0 Å². The lowest BCUT2D eigenvalue weighted by Gasteiger charge is -2.18. The Kier molecular flexibility index (Phi) is 5.31. The van der Waals surface area contributed by atoms with Gasteiger partial charge in [0, 0.05) is 21.5 Å². The summed E-state index contributed by atoms with van der Waals surface area (Å²) in [5.74, 6) is 0.172. The molecule has 2 aromatic rings. The molecule has 0 aliphatic rings. The van der Waals surface area contributed by atoms with Crippen LogP contribution in [0.1, 0.15) is 22.2 Å². The molecule has 0 fully saturated rings. The van der Waals surface area contributed by atoms with Crippen molar-refractivity contribution >= 4 is 33.0 Å². The van der Waals surface area contributed by atoms with Gasteiger partial charge in [0.05, 0.1) is 6.54 Å². The van der Waals surface area contributed by atoms with E-state index in [4.69, 9.17) is 0 Å². The molecule has 0 aliphatic heterocycles. The van der Waals surface area contributed by atoms with E-state index in [1.54, 1.807) is 11.3 Å². The minimum Gasteiger partial charge on any atom is -0.293 e. The van der Waals surface area contributed by atoms with Crippen LogP contribution >= 0.6 is 27.3 Å². The molecule has 0 bridgehead atoms. The second kappa shape index (κ2) is 6.98. The summed E-state index contributed by atoms with van der Waals surface area (Å²) in [6.07, 6.45) is 0. The number of thiophene rings is 1. The molecule has 1 heterocycles. The molecule has 0 unspecified atom stereocenters. The number of rotatable bonds is 6. The van der Waals surface area contributed by atoms with Crippen molar-refractivity contribution in [3.63, 3.8) is 0 Å². The van der Waals surface area contributed by atoms with Gasteiger partial charge < -0.3 is 0 Å². The third-order valence-corrected chi connectivity index (χ3v) is 4.33. The Morgan fingerprint density at radius 2 is 2.00 bits per heavy atom. The van der Waals surface area contributed by atoms with Crippen molar-refractivity contribution in [3.05, 3.63) is 56.7 Å². The van der Waals surface area contributed by atoms with Crippen molar-refractivity contribution in [3.8, 4) is 0 Å². The Morgan fingerprint density at radius 3 is 2.58 bits per heavy atom. The Morgan fingerprint density at radius 1 is 1.26 bits per heavy atom. The maximum Gasteiger partial charge on any atom is 0.176 e. The van der Waals surface area contributed by atoms with Crippen LogP contribution in [-0.4, -0.2) is 23.8 Å². The standard InChI is InChI=1S/C15H16BrNOS/c1-2-17(10-14-4-3-9-19-14)11-15(18)12-5-7-13(16)8-6-12/h3-9H,2,10-11H2,1H3. The van der Waals surface area contributed by atoms with Gasteiger partial charge in [-0.1, -0.05) is 41.1 Å². The average molecular weight is 338 g/mol. The molecule has 0 amide bonds. The number of likely N-dealkylation sites (N-methyl/N-ethyl adjacent to an activating group) is 1. The van der Waals surface area contributed by atoms with E-state index >= 15 is 0 Å². The highest BCUT2D eigenvalue weighted by Crippen LogP contribution is 2.14. The van der Waals surface area contributed by atoms with Crippen molar-refractivity contribution in [2.75, 3.05) is 13.1 Å². The van der Waals surface area contributed by atoms with Crippen LogP contribution < -0.4 is 0 Å². The van der Waals surface area contributed by atoms with Crippen LogP contribution in [0.5, 0.6) is 0 Å². The highest BCUT2D eigenvalue weighted by atomic mass is 79.9. The van der Waals surface area contributed by atoms with E-state index in [1.165, 1.54) is 4.88 Å². The van der Waals surface area contributed by atoms with Crippen LogP contribution in [-0.2, 0) is 6.54 Å². The van der Waals surface area contributed by atoms with E-state index in [1.807, 2.05) is 30.3 Å². The SMILES string of the molecule is CCN(CC(=O)c1ccc(Br)cc1)Cc1cccs1. The Hall–Kier alpha value is -0.970. The molecule has 4 heteroatoms. The molecule has 0 radical (unpaired) electrons. The number of hydrogen-bond donors (Lipinski definition) is 0. The minimum atomic E-state index is 0.172. The zero-order valence-corrected chi connectivity index (χ0v) is 13.2. The van der Waals surface area contributed by atoms with Crippen LogP contribution in [0.3, 0.4) is 0 Å². The predicted octanol–water partition coefficient (Wildman–Crippen LogP) is 4.22. The van der Waals surface area contributed by atoms with E-state index in [2.05, 4.69) is 39.2 Å². The maximum atomic E-state index is 12.2. The summed E-state index contributed by atoms with van der Waals surface area (Å²) < 4.78 is 0.995. The quantitative estimate of drug-likeness (QED) is 0.735. The van der Waals surface area contributed by atoms with E-state index in [9.17, 15) is 4.79 Å². The van der Waals surface area contributed by atoms with Gasteiger partial charge in [0.15, 0.2) is 5.78 Å². The van der Waals surface area contributed by atoms with Gasteiger partial charge in [-0.05, 0) is 30.1 Å². The van der Waals surface area contributed by atoms with Crippen molar-refractivity contribution in [1.29, 1.82) is 0 Å². The van der Waals surface area contributed by atoms with E-state index in [0.717, 1.165) is 23.1 Å². The smallest absolute Gasteiger partial charge is 0.176 e. The molecule has 2 nitrogen and oxygen atoms in total. The number of ketones is 1. The number of carbonyl (C=O) groups excluding carboxylic acids is 1. The Labute approximate surface area is 126 Å². The van der Waals surface area contributed by atoms with Gasteiger partial charge in [-0.25, -0.2) is 0 Å². The average Bonchev–Trinajstić information content (AvgIpc) is 2.91. The predicted molar refractivity (Wildman–Crippen MR) is 83.7 cm³/mol. The molecule has 19 heavy (non-hydrogen) atoms. The van der Waals surface area contributed by atoms with Crippen LogP contribution in [0.4, 0.5) is 0 Å². The molecule has 0 aliphatic carbocycles. The normalized spacial score (nSPS) is 10.9. The first-order valence-electron chi connectivity index (χ1n) is 6.22. The van der Waals surface area contributed by atoms with Gasteiger partial charge in [-0.2, -0.15) is 0 Å². The largest absolute Gasteiger partial charge is 0.293 e. The fraction of sp³-hybridized carbons (Fsp3) is 0.267. The molecule has 100 valence electrons. The van der Waals surface area contributed by atoms with Crippen molar-refractivity contribution in [2.45, 2.75) is 13.5 Å². The fourth-order valence-electron chi connectivity index (χ4n) is 1.83. The summed E-state index contributed by atoms with van der Waals surface area (Å²) in [6, 6.07) is 11.7. The molecule has 1 aromatic carbocycles. The molecule has 0 N–H and O–H groups in total. The second-order valence-electron chi connectivity index (χ2n) is 4.31. The lowest BCUT2D eigenvalue weighted by atomic mass is 10.1. The summed E-state index contributed by atoms with van der Waals surface area (Å²) >= 11 is 5.11. The highest BCUT2D eigenvalue weighted by molar-refractivity contribution is 9.10. The van der Waals surface area contributed by atoms with Crippen LogP contribution in [0, 0.1) is 0 Å². The number of hydrogen-bond acceptors (Lipinski definition) is 3. The van der Waals surface area contributed by atoms with Crippen LogP contribution in [0.2, 0.25) is 0 Å². The van der Waals surface area contributed by atoms with Crippen LogP contribution in [0.15, 0.2) is 46.3 Å². The lowest BCUT2D eigenvalue weighted by molar-refractivity contribution is 0.0930. The Bertz CT molecular complexity index is 522. The molecule has 0 atom stereocenters. The molecule has 0 spiro atoms. The summed E-state index contributed by atoms with van der Waals surface area (Å²) in [7, 11) is 0. The van der Waals surface area contributed by atoms with E-state index < -0.39 is 0 Å². The maximum absolute atomic E-state index is 12.2. The molecular formula is C15H16BrNOS. The van der Waals surface area contributed by atoms with Crippen LogP contribution in [0.25, 0.3) is 0 Å². The summed E-state index contributed by atoms with van der Waals surface area (Å²) in [5, 5.41) is 2.07. The van der Waals surface area contributed by atoms with E-state index in [0.29, 0.717) is 6.54 Å². The number of nitrogens with zero attached hydrogens (tertiary/aromatic N) is 1. The Balaban J connectivity index is 1.98. The first-order chi connectivity index (χ1) is 9.19. The molecule has 0 saturated heterocycles. The van der Waals surface area contributed by atoms with Crippen molar-refractivity contribution < 1.29 is 4.79 Å². The first-order valence-corrected chi connectivity index (χ1v) is 7.90. The van der Waals surface area contributed by atoms with Crippen molar-refractivity contribution in [1.82, 2.24) is 4.90 Å². The van der Waals surface area contributed by atoms with Gasteiger partial charge in [0.2, 0.25) is 0 Å². The number of Topliss-reactive ketones (excluding diaryl/α,β-unsaturated/α-hetero) is 1. The second-order valence-corrected chi connectivity index (χ2v) is 6.26. The summed E-state index contributed by atoms with van der Waals surface area (Å²) in [4.78, 5) is 15.7. The zero-order valence-electron chi connectivity index (χ0n) is 10.8. The fourth-order valence-corrected chi connectivity index (χ4v) is 2.84. The summed E-state index contributed by atoms with van der Waals surface area (Å²) in [6.45, 7) is 4.27. The number of halogens is 1. The third-order valence-electron chi connectivity index (χ3n) is 2.94. The number of carbonyl (C=O) groups is 1. The van der Waals surface area contributed by atoms with Gasteiger partial charge >= 0.3 is 0 Å². The first kappa shape index (κ1) is 14.4. The van der Waals surface area contributed by atoms with Gasteiger partial charge in [0.1, 0.15) is 0 Å². The highest BCUT2D eigenvalue weighted by Gasteiger charge is 2.12. The molecule has 1 aromatic heterocycles. The topological polar surface area (TPSA) is 20.3 Å². The lowest BCUT2D eigenvalue weighted by Crippen LogP contribution is -2.29. The summed E-state index contributed by atoms with van der Waals surface area (Å²) in [5.41, 5.74) is 0.771. The van der Waals surface area contributed by atoms with E-state index in [-0.39, 0.29) is 5.78 Å². The monoisotopic (exact) mass is 337 g/mol. The van der Waals surface area contributed by atoms with Gasteiger partial charge in [-0.3, -0.25) is 9.69 Å². The molecule has 0 saturated carbocycles. The van der Waals surface area contributed by atoms with Crippen molar-refractivity contribution in [2.24, 2.45) is 0 Å². The third kappa shape index (κ3) is 4.27. The zero-order chi connectivity index (χ0) is 13.7.